The molecule has 0 aliphatic carbocycles. The van der Waals surface area contributed by atoms with Gasteiger partial charge in [-0.15, -0.1) is 11.3 Å². The Hall–Kier alpha value is -3.78. The molecule has 33 heavy (non-hydrogen) atoms. The zero-order chi connectivity index (χ0) is 22.9. The van der Waals surface area contributed by atoms with Gasteiger partial charge in [-0.25, -0.2) is 0 Å². The van der Waals surface area contributed by atoms with Crippen LogP contribution in [-0.2, 0) is 4.79 Å². The van der Waals surface area contributed by atoms with Gasteiger partial charge in [0.25, 0.3) is 17.6 Å². The molecule has 0 unspecified atom stereocenters. The maximum Gasteiger partial charge on any atom is 0.295 e. The second kappa shape index (κ2) is 8.63. The quantitative estimate of drug-likeness (QED) is 0.372. The smallest absolute Gasteiger partial charge is 0.295 e. The van der Waals surface area contributed by atoms with Gasteiger partial charge in [0.1, 0.15) is 0 Å². The minimum absolute atomic E-state index is 0.0662. The number of fused-ring (bicyclic) bond motifs is 1. The number of amides is 2. The average molecular weight is 459 g/mol. The number of piperazine rings is 1. The van der Waals surface area contributed by atoms with Crippen molar-refractivity contribution in [3.8, 4) is 10.4 Å². The van der Waals surface area contributed by atoms with Crippen LogP contribution in [0.1, 0.15) is 27.6 Å². The Morgan fingerprint density at radius 1 is 1.06 bits per heavy atom. The number of carbonyl (C=O) groups is 3. The minimum Gasteiger partial charge on any atom is -0.359 e. The van der Waals surface area contributed by atoms with E-state index in [9.17, 15) is 14.4 Å². The number of aromatic nitrogens is 2. The molecule has 5 rings (SSSR count). The number of thiophene rings is 1. The van der Waals surface area contributed by atoms with Crippen LogP contribution in [0.5, 0.6) is 0 Å². The van der Waals surface area contributed by atoms with Gasteiger partial charge in [-0.2, -0.15) is 0 Å². The van der Waals surface area contributed by atoms with Crippen LogP contribution < -0.4 is 0 Å². The maximum absolute atomic E-state index is 13.1. The van der Waals surface area contributed by atoms with E-state index < -0.39 is 11.7 Å². The van der Waals surface area contributed by atoms with Crippen molar-refractivity contribution in [2.75, 3.05) is 19.6 Å². The first-order chi connectivity index (χ1) is 16.0. The molecule has 1 atom stereocenters. The predicted octanol–water partition coefficient (Wildman–Crippen LogP) is 3.85. The molecule has 166 valence electrons. The Labute approximate surface area is 194 Å². The number of ketones is 1. The van der Waals surface area contributed by atoms with Crippen molar-refractivity contribution in [2.24, 2.45) is 0 Å². The molecule has 8 heteroatoms. The number of rotatable bonds is 4. The summed E-state index contributed by atoms with van der Waals surface area (Å²) in [5, 5.41) is 1.99. The predicted molar refractivity (Wildman–Crippen MR) is 127 cm³/mol. The van der Waals surface area contributed by atoms with Crippen LogP contribution in [0.15, 0.2) is 66.3 Å². The molecule has 4 aromatic rings. The largest absolute Gasteiger partial charge is 0.359 e. The van der Waals surface area contributed by atoms with E-state index in [1.54, 1.807) is 40.8 Å². The number of benzene rings is 1. The highest BCUT2D eigenvalue weighted by atomic mass is 32.1. The molecular formula is C25H22N4O3S. The third-order valence-electron chi connectivity index (χ3n) is 5.99. The van der Waals surface area contributed by atoms with Gasteiger partial charge >= 0.3 is 0 Å². The zero-order valence-corrected chi connectivity index (χ0v) is 18.8. The van der Waals surface area contributed by atoms with Crippen molar-refractivity contribution in [2.45, 2.75) is 13.0 Å². The fraction of sp³-hybridized carbons (Fsp3) is 0.200. The first kappa shape index (κ1) is 21.1. The van der Waals surface area contributed by atoms with Gasteiger partial charge in [0.05, 0.1) is 16.6 Å². The molecule has 0 saturated carbocycles. The van der Waals surface area contributed by atoms with E-state index in [1.807, 2.05) is 48.7 Å². The summed E-state index contributed by atoms with van der Waals surface area (Å²) in [5.74, 6) is -1.23. The van der Waals surface area contributed by atoms with E-state index >= 15 is 0 Å². The Morgan fingerprint density at radius 3 is 2.61 bits per heavy atom. The molecule has 0 bridgehead atoms. The molecule has 2 amide bonds. The van der Waals surface area contributed by atoms with Crippen molar-refractivity contribution >= 4 is 40.0 Å². The van der Waals surface area contributed by atoms with E-state index in [1.165, 1.54) is 4.90 Å². The summed E-state index contributed by atoms with van der Waals surface area (Å²) >= 11 is 1.60. The average Bonchev–Trinajstić information content (AvgIpc) is 3.53. The third kappa shape index (κ3) is 3.82. The summed E-state index contributed by atoms with van der Waals surface area (Å²) in [5.41, 5.74) is 3.06. The topological polar surface area (TPSA) is 86.4 Å². The molecule has 1 N–H and O–H groups in total. The van der Waals surface area contributed by atoms with Crippen molar-refractivity contribution in [1.29, 1.82) is 0 Å². The lowest BCUT2D eigenvalue weighted by Gasteiger charge is -2.39. The molecule has 7 nitrogen and oxygen atoms in total. The van der Waals surface area contributed by atoms with Gasteiger partial charge in [-0.05, 0) is 36.6 Å². The summed E-state index contributed by atoms with van der Waals surface area (Å²) in [6, 6.07) is 14.8. The Bertz CT molecular complexity index is 1330. The van der Waals surface area contributed by atoms with Crippen molar-refractivity contribution in [3.05, 3.63) is 77.4 Å². The highest BCUT2D eigenvalue weighted by molar-refractivity contribution is 7.13. The highest BCUT2D eigenvalue weighted by Crippen LogP contribution is 2.31. The first-order valence-electron chi connectivity index (χ1n) is 10.7. The standard InChI is InChI=1S/C25H22N4O3S/c1-16-15-28(11-12-29(16)24(31)17-6-3-2-4-7-17)25(32)23(30)19-14-27-21-18(9-10-26-22(19)21)20-8-5-13-33-20/h2-10,13-14,16,27H,11-12,15H2,1H3/t16-/m1/s1. The van der Waals surface area contributed by atoms with Crippen LogP contribution in [0.4, 0.5) is 0 Å². The van der Waals surface area contributed by atoms with E-state index in [-0.39, 0.29) is 17.5 Å². The lowest BCUT2D eigenvalue weighted by molar-refractivity contribution is -0.128. The number of Topliss-reactive ketones (excluding diaryl/α,β-unsaturated/α-hetero) is 1. The number of nitrogens with one attached hydrogen (secondary N) is 1. The van der Waals surface area contributed by atoms with Gasteiger partial charge in [0.15, 0.2) is 0 Å². The molecule has 1 saturated heterocycles. The van der Waals surface area contributed by atoms with Crippen LogP contribution in [0.3, 0.4) is 0 Å². The molecule has 1 aliphatic rings. The number of aromatic amines is 1. The van der Waals surface area contributed by atoms with Crippen LogP contribution in [0.2, 0.25) is 0 Å². The molecule has 0 radical (unpaired) electrons. The molecule has 3 aromatic heterocycles. The number of H-pyrrole nitrogens is 1. The lowest BCUT2D eigenvalue weighted by Crippen LogP contribution is -2.56. The molecule has 0 spiro atoms. The third-order valence-corrected chi connectivity index (χ3v) is 6.89. The normalized spacial score (nSPS) is 16.2. The van der Waals surface area contributed by atoms with Gasteiger partial charge in [-0.1, -0.05) is 24.3 Å². The molecule has 1 aromatic carbocycles. The summed E-state index contributed by atoms with van der Waals surface area (Å²) in [4.78, 5) is 50.9. The zero-order valence-electron chi connectivity index (χ0n) is 18.0. The fourth-order valence-corrected chi connectivity index (χ4v) is 5.04. The second-order valence-electron chi connectivity index (χ2n) is 8.06. The molecule has 1 fully saturated rings. The van der Waals surface area contributed by atoms with E-state index in [0.29, 0.717) is 30.7 Å². The molecule has 4 heterocycles. The van der Waals surface area contributed by atoms with Crippen LogP contribution in [-0.4, -0.2) is 63.0 Å². The minimum atomic E-state index is -0.591. The van der Waals surface area contributed by atoms with Gasteiger partial charge in [0.2, 0.25) is 0 Å². The Kier molecular flexibility index (Phi) is 5.51. The summed E-state index contributed by atoms with van der Waals surface area (Å²) in [7, 11) is 0. The highest BCUT2D eigenvalue weighted by Gasteiger charge is 2.34. The van der Waals surface area contributed by atoms with E-state index in [0.717, 1.165) is 16.0 Å². The van der Waals surface area contributed by atoms with Gasteiger partial charge in [0, 0.05) is 54.1 Å². The molecular weight excluding hydrogens is 436 g/mol. The number of carbonyl (C=O) groups excluding carboxylic acids is 3. The van der Waals surface area contributed by atoms with Crippen molar-refractivity contribution < 1.29 is 14.4 Å². The first-order valence-corrected chi connectivity index (χ1v) is 11.6. The maximum atomic E-state index is 13.1. The van der Waals surface area contributed by atoms with Crippen LogP contribution >= 0.6 is 11.3 Å². The number of hydrogen-bond acceptors (Lipinski definition) is 5. The number of hydrogen-bond donors (Lipinski definition) is 1. The van der Waals surface area contributed by atoms with Crippen molar-refractivity contribution in [3.63, 3.8) is 0 Å². The fourth-order valence-electron chi connectivity index (χ4n) is 4.28. The number of pyridine rings is 1. The summed E-state index contributed by atoms with van der Waals surface area (Å²) < 4.78 is 0. The van der Waals surface area contributed by atoms with E-state index in [2.05, 4.69) is 9.97 Å². The summed E-state index contributed by atoms with van der Waals surface area (Å²) in [6.07, 6.45) is 3.22. The van der Waals surface area contributed by atoms with Crippen molar-refractivity contribution in [1.82, 2.24) is 19.8 Å². The van der Waals surface area contributed by atoms with Crippen LogP contribution in [0.25, 0.3) is 21.5 Å². The van der Waals surface area contributed by atoms with Gasteiger partial charge < -0.3 is 14.8 Å². The van der Waals surface area contributed by atoms with Gasteiger partial charge in [-0.3, -0.25) is 19.4 Å². The summed E-state index contributed by atoms with van der Waals surface area (Å²) in [6.45, 7) is 2.89. The molecule has 1 aliphatic heterocycles. The Balaban J connectivity index is 1.34. The lowest BCUT2D eigenvalue weighted by atomic mass is 10.1. The Morgan fingerprint density at radius 2 is 1.88 bits per heavy atom. The number of nitrogens with zero attached hydrogens (tertiary/aromatic N) is 3. The van der Waals surface area contributed by atoms with Crippen LogP contribution in [0, 0.1) is 0 Å². The van der Waals surface area contributed by atoms with E-state index in [4.69, 9.17) is 0 Å². The second-order valence-corrected chi connectivity index (χ2v) is 9.00. The SMILES string of the molecule is C[C@@H]1CN(C(=O)C(=O)c2c[nH]c3c(-c4cccs4)ccnc23)CCN1C(=O)c1ccccc1. The monoisotopic (exact) mass is 458 g/mol.